The van der Waals surface area contributed by atoms with Gasteiger partial charge in [0.25, 0.3) is 0 Å². The second-order valence-electron chi connectivity index (χ2n) is 3.54. The van der Waals surface area contributed by atoms with Crippen LogP contribution in [-0.4, -0.2) is 34.7 Å². The van der Waals surface area contributed by atoms with Gasteiger partial charge in [-0.05, 0) is 13.8 Å². The minimum atomic E-state index is -3.36. The van der Waals surface area contributed by atoms with E-state index >= 15 is 0 Å². The van der Waals surface area contributed by atoms with Crippen LogP contribution in [0.3, 0.4) is 0 Å². The molecule has 1 N–H and O–H groups in total. The van der Waals surface area contributed by atoms with Crippen LogP contribution in [0.15, 0.2) is 12.5 Å². The number of sulfone groups is 1. The fourth-order valence-electron chi connectivity index (χ4n) is 1.01. The second kappa shape index (κ2) is 4.56. The Morgan fingerprint density at radius 2 is 2.12 bits per heavy atom. The maximum atomic E-state index is 11.6. The van der Waals surface area contributed by atoms with E-state index in [0.717, 1.165) is 12.5 Å². The first kappa shape index (κ1) is 12.6. The Morgan fingerprint density at radius 1 is 1.50 bits per heavy atom. The first-order valence-corrected chi connectivity index (χ1v) is 6.30. The lowest BCUT2D eigenvalue weighted by Gasteiger charge is -2.08. The Labute approximate surface area is 93.3 Å². The SMILES string of the molecule is CC(C)S(=O)(=O)Cc1ncncc1C(=O)O. The van der Waals surface area contributed by atoms with E-state index in [9.17, 15) is 13.2 Å². The van der Waals surface area contributed by atoms with E-state index < -0.39 is 21.1 Å². The Bertz CT molecular complexity index is 496. The number of hydrogen-bond acceptors (Lipinski definition) is 5. The van der Waals surface area contributed by atoms with Crippen molar-refractivity contribution in [3.63, 3.8) is 0 Å². The third-order valence-electron chi connectivity index (χ3n) is 2.08. The minimum Gasteiger partial charge on any atom is -0.478 e. The quantitative estimate of drug-likeness (QED) is 0.828. The molecule has 0 aliphatic carbocycles. The maximum Gasteiger partial charge on any atom is 0.339 e. The molecule has 1 rings (SSSR count). The number of hydrogen-bond donors (Lipinski definition) is 1. The number of carboxylic acids is 1. The van der Waals surface area contributed by atoms with E-state index in [4.69, 9.17) is 5.11 Å². The second-order valence-corrected chi connectivity index (χ2v) is 6.10. The fourth-order valence-corrected chi connectivity index (χ4v) is 1.95. The number of carboxylic acid groups (broad SMARTS) is 1. The molecule has 0 aromatic carbocycles. The van der Waals surface area contributed by atoms with Crippen LogP contribution in [0, 0.1) is 0 Å². The molecule has 88 valence electrons. The van der Waals surface area contributed by atoms with Crippen molar-refractivity contribution in [1.29, 1.82) is 0 Å². The topological polar surface area (TPSA) is 97.2 Å². The molecule has 0 saturated heterocycles. The molecule has 1 heterocycles. The molecule has 16 heavy (non-hydrogen) atoms. The van der Waals surface area contributed by atoms with E-state index in [2.05, 4.69) is 9.97 Å². The molecule has 0 amide bonds. The summed E-state index contributed by atoms with van der Waals surface area (Å²) in [4.78, 5) is 18.1. The van der Waals surface area contributed by atoms with E-state index in [0.29, 0.717) is 0 Å². The Hall–Kier alpha value is -1.50. The molecule has 7 heteroatoms. The van der Waals surface area contributed by atoms with Crippen LogP contribution >= 0.6 is 0 Å². The lowest BCUT2D eigenvalue weighted by Crippen LogP contribution is -2.19. The van der Waals surface area contributed by atoms with Crippen LogP contribution in [0.4, 0.5) is 0 Å². The number of nitrogens with zero attached hydrogens (tertiary/aromatic N) is 2. The van der Waals surface area contributed by atoms with Gasteiger partial charge in [-0.1, -0.05) is 0 Å². The van der Waals surface area contributed by atoms with Crippen molar-refractivity contribution in [2.45, 2.75) is 24.9 Å². The average molecular weight is 244 g/mol. The summed E-state index contributed by atoms with van der Waals surface area (Å²) < 4.78 is 23.2. The minimum absolute atomic E-state index is 0.0243. The molecular weight excluding hydrogens is 232 g/mol. The van der Waals surface area contributed by atoms with E-state index in [1.165, 1.54) is 13.8 Å². The van der Waals surface area contributed by atoms with Crippen LogP contribution in [0.5, 0.6) is 0 Å². The molecule has 0 radical (unpaired) electrons. The number of aromatic nitrogens is 2. The molecular formula is C9H12N2O4S. The lowest BCUT2D eigenvalue weighted by atomic mass is 10.2. The van der Waals surface area contributed by atoms with Crippen molar-refractivity contribution in [2.24, 2.45) is 0 Å². The van der Waals surface area contributed by atoms with Crippen molar-refractivity contribution < 1.29 is 18.3 Å². The van der Waals surface area contributed by atoms with Crippen molar-refractivity contribution in [1.82, 2.24) is 9.97 Å². The summed E-state index contributed by atoms with van der Waals surface area (Å²) in [6, 6.07) is 0. The lowest BCUT2D eigenvalue weighted by molar-refractivity contribution is 0.0695. The summed E-state index contributed by atoms with van der Waals surface area (Å²) in [5.41, 5.74) is -0.150. The first-order valence-electron chi connectivity index (χ1n) is 4.58. The smallest absolute Gasteiger partial charge is 0.339 e. The highest BCUT2D eigenvalue weighted by Crippen LogP contribution is 2.12. The van der Waals surface area contributed by atoms with E-state index in [1.807, 2.05) is 0 Å². The Balaban J connectivity index is 3.12. The predicted octanol–water partition coefficient (Wildman–Crippen LogP) is 0.498. The van der Waals surface area contributed by atoms with E-state index in [-0.39, 0.29) is 17.0 Å². The van der Waals surface area contributed by atoms with Gasteiger partial charge in [-0.15, -0.1) is 0 Å². The normalized spacial score (nSPS) is 11.7. The zero-order valence-electron chi connectivity index (χ0n) is 8.91. The molecule has 6 nitrogen and oxygen atoms in total. The van der Waals surface area contributed by atoms with Crippen molar-refractivity contribution in [2.75, 3.05) is 0 Å². The molecule has 0 unspecified atom stereocenters. The third-order valence-corrected chi connectivity index (χ3v) is 4.19. The highest BCUT2D eigenvalue weighted by molar-refractivity contribution is 7.91. The van der Waals surface area contributed by atoms with Crippen LogP contribution in [0.25, 0.3) is 0 Å². The van der Waals surface area contributed by atoms with Crippen molar-refractivity contribution >= 4 is 15.8 Å². The zero-order valence-corrected chi connectivity index (χ0v) is 9.73. The number of carbonyl (C=O) groups is 1. The van der Waals surface area contributed by atoms with Crippen molar-refractivity contribution in [3.05, 3.63) is 23.8 Å². The summed E-state index contributed by atoms with van der Waals surface area (Å²) in [5.74, 6) is -1.61. The van der Waals surface area contributed by atoms with Gasteiger partial charge in [0.05, 0.1) is 16.7 Å². The molecule has 0 atom stereocenters. The summed E-state index contributed by atoms with van der Waals surface area (Å²) >= 11 is 0. The Kier molecular flexibility index (Phi) is 3.58. The van der Waals surface area contributed by atoms with Gasteiger partial charge in [0.15, 0.2) is 9.84 Å². The first-order chi connectivity index (χ1) is 7.34. The van der Waals surface area contributed by atoms with E-state index in [1.54, 1.807) is 0 Å². The van der Waals surface area contributed by atoms with Gasteiger partial charge in [0.2, 0.25) is 0 Å². The number of aromatic carboxylic acids is 1. The molecule has 0 bridgehead atoms. The zero-order chi connectivity index (χ0) is 12.3. The van der Waals surface area contributed by atoms with Gasteiger partial charge in [-0.2, -0.15) is 0 Å². The van der Waals surface area contributed by atoms with Gasteiger partial charge in [-0.3, -0.25) is 0 Å². The van der Waals surface area contributed by atoms with Crippen LogP contribution < -0.4 is 0 Å². The van der Waals surface area contributed by atoms with Crippen LogP contribution in [0.2, 0.25) is 0 Å². The molecule has 0 saturated carbocycles. The summed E-state index contributed by atoms with van der Waals surface area (Å²) in [7, 11) is -3.36. The molecule has 1 aromatic rings. The summed E-state index contributed by atoms with van der Waals surface area (Å²) in [5, 5.41) is 8.26. The molecule has 0 fully saturated rings. The number of rotatable bonds is 4. The average Bonchev–Trinajstić information content (AvgIpc) is 2.17. The molecule has 1 aromatic heterocycles. The molecule has 0 aliphatic heterocycles. The maximum absolute atomic E-state index is 11.6. The van der Waals surface area contributed by atoms with Crippen molar-refractivity contribution in [3.8, 4) is 0 Å². The monoisotopic (exact) mass is 244 g/mol. The standard InChI is InChI=1S/C9H12N2O4S/c1-6(2)16(14,15)4-8-7(9(12)13)3-10-5-11-8/h3,5-6H,4H2,1-2H3,(H,12,13). The van der Waals surface area contributed by atoms with Crippen LogP contribution in [-0.2, 0) is 15.6 Å². The summed E-state index contributed by atoms with van der Waals surface area (Å²) in [6.45, 7) is 3.08. The predicted molar refractivity (Wildman–Crippen MR) is 56.8 cm³/mol. The van der Waals surface area contributed by atoms with Gasteiger partial charge in [0, 0.05) is 6.20 Å². The summed E-state index contributed by atoms with van der Waals surface area (Å²) in [6.07, 6.45) is 2.23. The van der Waals surface area contributed by atoms with Gasteiger partial charge in [0.1, 0.15) is 11.9 Å². The van der Waals surface area contributed by atoms with Crippen LogP contribution in [0.1, 0.15) is 29.9 Å². The Morgan fingerprint density at radius 3 is 2.62 bits per heavy atom. The van der Waals surface area contributed by atoms with Gasteiger partial charge in [-0.25, -0.2) is 23.2 Å². The third kappa shape index (κ3) is 2.75. The van der Waals surface area contributed by atoms with Gasteiger partial charge >= 0.3 is 5.97 Å². The molecule has 0 aliphatic rings. The fraction of sp³-hybridized carbons (Fsp3) is 0.444. The highest BCUT2D eigenvalue weighted by Gasteiger charge is 2.21. The molecule has 0 spiro atoms. The van der Waals surface area contributed by atoms with Gasteiger partial charge < -0.3 is 5.11 Å². The highest BCUT2D eigenvalue weighted by atomic mass is 32.2. The largest absolute Gasteiger partial charge is 0.478 e.